The first-order valence-electron chi connectivity index (χ1n) is 6.36. The zero-order valence-electron chi connectivity index (χ0n) is 11.3. The molecule has 1 heterocycles. The largest absolute Gasteiger partial charge is 0.478 e. The Labute approximate surface area is 116 Å². The molecule has 1 amide bonds. The molecule has 6 nitrogen and oxygen atoms in total. The number of hydrogen-bond acceptors (Lipinski definition) is 4. The van der Waals surface area contributed by atoms with E-state index < -0.39 is 5.97 Å². The van der Waals surface area contributed by atoms with E-state index in [0.717, 1.165) is 11.3 Å². The van der Waals surface area contributed by atoms with Crippen molar-refractivity contribution in [1.29, 1.82) is 0 Å². The second-order valence-electron chi connectivity index (χ2n) is 4.49. The first-order chi connectivity index (χ1) is 9.63. The lowest BCUT2D eigenvalue weighted by molar-refractivity contribution is -0.123. The minimum atomic E-state index is -0.958. The molecule has 0 unspecified atom stereocenters. The third-order valence-electron chi connectivity index (χ3n) is 3.18. The molecule has 0 aromatic heterocycles. The van der Waals surface area contributed by atoms with Crippen molar-refractivity contribution in [3.05, 3.63) is 29.3 Å². The number of carbonyl (C=O) groups is 2. The molecule has 1 aromatic carbocycles. The Morgan fingerprint density at radius 2 is 2.15 bits per heavy atom. The first kappa shape index (κ1) is 14.5. The fourth-order valence-electron chi connectivity index (χ4n) is 2.17. The summed E-state index contributed by atoms with van der Waals surface area (Å²) < 4.78 is 10.1. The van der Waals surface area contributed by atoms with E-state index in [9.17, 15) is 9.59 Å². The van der Waals surface area contributed by atoms with Crippen molar-refractivity contribution in [3.63, 3.8) is 0 Å². The minimum Gasteiger partial charge on any atom is -0.478 e. The van der Waals surface area contributed by atoms with Crippen LogP contribution in [-0.2, 0) is 20.7 Å². The molecule has 0 spiro atoms. The molecule has 0 saturated carbocycles. The number of hydrogen-bond donors (Lipinski definition) is 1. The third-order valence-corrected chi connectivity index (χ3v) is 3.18. The van der Waals surface area contributed by atoms with Crippen LogP contribution in [0.1, 0.15) is 15.9 Å². The lowest BCUT2D eigenvalue weighted by Gasteiger charge is -2.17. The highest BCUT2D eigenvalue weighted by Gasteiger charge is 2.25. The van der Waals surface area contributed by atoms with Crippen LogP contribution in [0.3, 0.4) is 0 Å². The SMILES string of the molecule is COCCOCC(=O)N1CCc2cc(C(=O)O)ccc21. The van der Waals surface area contributed by atoms with Crippen LogP contribution in [0.25, 0.3) is 0 Å². The summed E-state index contributed by atoms with van der Waals surface area (Å²) >= 11 is 0. The van der Waals surface area contributed by atoms with E-state index in [-0.39, 0.29) is 18.1 Å². The summed E-state index contributed by atoms with van der Waals surface area (Å²) in [5, 5.41) is 8.95. The molecule has 0 bridgehead atoms. The third kappa shape index (κ3) is 3.15. The molecule has 1 aliphatic rings. The van der Waals surface area contributed by atoms with E-state index >= 15 is 0 Å². The van der Waals surface area contributed by atoms with Gasteiger partial charge >= 0.3 is 5.97 Å². The second kappa shape index (κ2) is 6.49. The van der Waals surface area contributed by atoms with Gasteiger partial charge in [-0.2, -0.15) is 0 Å². The molecular weight excluding hydrogens is 262 g/mol. The number of carbonyl (C=O) groups excluding carboxylic acids is 1. The van der Waals surface area contributed by atoms with Crippen LogP contribution in [0.2, 0.25) is 0 Å². The van der Waals surface area contributed by atoms with Gasteiger partial charge in [0.15, 0.2) is 0 Å². The summed E-state index contributed by atoms with van der Waals surface area (Å²) in [4.78, 5) is 24.6. The van der Waals surface area contributed by atoms with Crippen molar-refractivity contribution in [2.45, 2.75) is 6.42 Å². The van der Waals surface area contributed by atoms with Crippen molar-refractivity contribution in [2.75, 3.05) is 38.4 Å². The van der Waals surface area contributed by atoms with Crippen LogP contribution in [0, 0.1) is 0 Å². The molecule has 1 aromatic rings. The van der Waals surface area contributed by atoms with E-state index in [1.54, 1.807) is 24.1 Å². The maximum Gasteiger partial charge on any atom is 0.335 e. The molecular formula is C14H17NO5. The number of carboxylic acid groups (broad SMARTS) is 1. The van der Waals surface area contributed by atoms with E-state index in [0.29, 0.717) is 26.2 Å². The monoisotopic (exact) mass is 279 g/mol. The van der Waals surface area contributed by atoms with E-state index in [2.05, 4.69) is 0 Å². The number of benzene rings is 1. The van der Waals surface area contributed by atoms with Crippen LogP contribution in [0.15, 0.2) is 18.2 Å². The van der Waals surface area contributed by atoms with Gasteiger partial charge in [-0.15, -0.1) is 0 Å². The molecule has 0 atom stereocenters. The highest BCUT2D eigenvalue weighted by Crippen LogP contribution is 2.28. The Bertz CT molecular complexity index is 514. The lowest BCUT2D eigenvalue weighted by Crippen LogP contribution is -2.32. The predicted octanol–water partition coefficient (Wildman–Crippen LogP) is 0.937. The molecule has 0 radical (unpaired) electrons. The number of aromatic carboxylic acids is 1. The summed E-state index contributed by atoms with van der Waals surface area (Å²) in [6.07, 6.45) is 0.667. The van der Waals surface area contributed by atoms with Crippen molar-refractivity contribution < 1.29 is 24.2 Å². The molecule has 1 N–H and O–H groups in total. The number of anilines is 1. The summed E-state index contributed by atoms with van der Waals surface area (Å²) in [5.74, 6) is -1.08. The van der Waals surface area contributed by atoms with Gasteiger partial charge in [-0.1, -0.05) is 0 Å². The van der Waals surface area contributed by atoms with Crippen molar-refractivity contribution in [3.8, 4) is 0 Å². The van der Waals surface area contributed by atoms with Crippen LogP contribution >= 0.6 is 0 Å². The van der Waals surface area contributed by atoms with Gasteiger partial charge in [0.2, 0.25) is 0 Å². The van der Waals surface area contributed by atoms with Crippen LogP contribution in [0.5, 0.6) is 0 Å². The molecule has 1 aliphatic heterocycles. The maximum absolute atomic E-state index is 12.0. The van der Waals surface area contributed by atoms with Crippen molar-refractivity contribution in [1.82, 2.24) is 0 Å². The number of amides is 1. The Morgan fingerprint density at radius 1 is 1.35 bits per heavy atom. The van der Waals surface area contributed by atoms with Gasteiger partial charge in [-0.05, 0) is 30.2 Å². The molecule has 2 rings (SSSR count). The minimum absolute atomic E-state index is 0.00345. The average Bonchev–Trinajstić information content (AvgIpc) is 2.86. The Hall–Kier alpha value is -1.92. The highest BCUT2D eigenvalue weighted by molar-refractivity contribution is 5.97. The van der Waals surface area contributed by atoms with Crippen LogP contribution in [-0.4, -0.2) is 50.5 Å². The van der Waals surface area contributed by atoms with E-state index in [1.165, 1.54) is 6.07 Å². The summed E-state index contributed by atoms with van der Waals surface area (Å²) in [6, 6.07) is 4.81. The standard InChI is InChI=1S/C14H17NO5/c1-19-6-7-20-9-13(16)15-5-4-10-8-11(14(17)18)2-3-12(10)15/h2-3,8H,4-7,9H2,1H3,(H,17,18). The number of methoxy groups -OCH3 is 1. The quantitative estimate of drug-likeness (QED) is 0.784. The zero-order chi connectivity index (χ0) is 14.5. The number of carboxylic acids is 1. The highest BCUT2D eigenvalue weighted by atomic mass is 16.5. The smallest absolute Gasteiger partial charge is 0.335 e. The maximum atomic E-state index is 12.0. The van der Waals surface area contributed by atoms with Gasteiger partial charge in [0.1, 0.15) is 6.61 Å². The molecule has 0 fully saturated rings. The Morgan fingerprint density at radius 3 is 2.85 bits per heavy atom. The predicted molar refractivity (Wildman–Crippen MR) is 72.2 cm³/mol. The zero-order valence-corrected chi connectivity index (χ0v) is 11.3. The van der Waals surface area contributed by atoms with Gasteiger partial charge < -0.3 is 19.5 Å². The number of ether oxygens (including phenoxy) is 2. The number of rotatable bonds is 6. The molecule has 108 valence electrons. The molecule has 6 heteroatoms. The van der Waals surface area contributed by atoms with Gasteiger partial charge in [-0.25, -0.2) is 4.79 Å². The van der Waals surface area contributed by atoms with Crippen LogP contribution in [0.4, 0.5) is 5.69 Å². The molecule has 0 saturated heterocycles. The van der Waals surface area contributed by atoms with Gasteiger partial charge in [-0.3, -0.25) is 4.79 Å². The Kier molecular flexibility index (Phi) is 4.70. The normalized spacial score (nSPS) is 13.3. The number of nitrogens with zero attached hydrogens (tertiary/aromatic N) is 1. The molecule has 0 aliphatic carbocycles. The first-order valence-corrected chi connectivity index (χ1v) is 6.36. The average molecular weight is 279 g/mol. The van der Waals surface area contributed by atoms with Crippen molar-refractivity contribution in [2.24, 2.45) is 0 Å². The van der Waals surface area contributed by atoms with Crippen molar-refractivity contribution >= 4 is 17.6 Å². The fraction of sp³-hybridized carbons (Fsp3) is 0.429. The van der Waals surface area contributed by atoms with Crippen LogP contribution < -0.4 is 4.90 Å². The van der Waals surface area contributed by atoms with Gasteiger partial charge in [0, 0.05) is 19.3 Å². The molecule has 20 heavy (non-hydrogen) atoms. The fourth-order valence-corrected chi connectivity index (χ4v) is 2.17. The topological polar surface area (TPSA) is 76.1 Å². The van der Waals surface area contributed by atoms with Gasteiger partial charge in [0.05, 0.1) is 18.8 Å². The Balaban J connectivity index is 2.00. The van der Waals surface area contributed by atoms with Gasteiger partial charge in [0.25, 0.3) is 5.91 Å². The summed E-state index contributed by atoms with van der Waals surface area (Å²) in [5.41, 5.74) is 1.90. The second-order valence-corrected chi connectivity index (χ2v) is 4.49. The number of fused-ring (bicyclic) bond motifs is 1. The summed E-state index contributed by atoms with van der Waals surface area (Å²) in [7, 11) is 1.57. The van der Waals surface area contributed by atoms with E-state index in [1.807, 2.05) is 0 Å². The lowest BCUT2D eigenvalue weighted by atomic mass is 10.1. The summed E-state index contributed by atoms with van der Waals surface area (Å²) in [6.45, 7) is 1.39. The van der Waals surface area contributed by atoms with E-state index in [4.69, 9.17) is 14.6 Å².